The van der Waals surface area contributed by atoms with Crippen LogP contribution in [0.4, 0.5) is 0 Å². The molecule has 6 rings (SSSR count). The summed E-state index contributed by atoms with van der Waals surface area (Å²) < 4.78 is 22.2. The number of rotatable bonds is 9. The summed E-state index contributed by atoms with van der Waals surface area (Å²) in [7, 11) is -1.14. The van der Waals surface area contributed by atoms with E-state index in [0.29, 0.717) is 48.8 Å². The molecule has 0 saturated heterocycles. The summed E-state index contributed by atoms with van der Waals surface area (Å²) in [5.41, 5.74) is -0.726. The minimum Gasteiger partial charge on any atom is -0.497 e. The molecule has 48 heavy (non-hydrogen) atoms. The van der Waals surface area contributed by atoms with E-state index in [2.05, 4.69) is 9.98 Å². The molecule has 4 aromatic carbocycles. The lowest BCUT2D eigenvalue weighted by Crippen LogP contribution is -2.35. The van der Waals surface area contributed by atoms with E-state index < -0.39 is 18.7 Å². The van der Waals surface area contributed by atoms with Crippen LogP contribution in [-0.4, -0.2) is 52.8 Å². The Bertz CT molecular complexity index is 2200. The van der Waals surface area contributed by atoms with Gasteiger partial charge in [0.1, 0.15) is 17.0 Å². The molecule has 248 valence electrons. The molecule has 12 heteroatoms. The second-order valence-electron chi connectivity index (χ2n) is 11.6. The zero-order chi connectivity index (χ0) is 34.9. The van der Waals surface area contributed by atoms with Crippen molar-refractivity contribution in [2.45, 2.75) is 31.3 Å². The highest BCUT2D eigenvalue weighted by atomic mass is 35.5. The lowest BCUT2D eigenvalue weighted by Gasteiger charge is -2.24. The lowest BCUT2D eigenvalue weighted by molar-refractivity contribution is 0.0915. The average molecular weight is 708 g/mol. The van der Waals surface area contributed by atoms with Gasteiger partial charge >= 0.3 is 7.60 Å². The molecule has 2 unspecified atom stereocenters. The maximum Gasteiger partial charge on any atom is 0.325 e. The Balaban J connectivity index is 0.000000194. The first-order valence-electron chi connectivity index (χ1n) is 14.9. The van der Waals surface area contributed by atoms with Gasteiger partial charge in [-0.15, -0.1) is 0 Å². The van der Waals surface area contributed by atoms with E-state index in [9.17, 15) is 23.9 Å². The molecular weight excluding hydrogens is 674 g/mol. The number of hydrogen-bond acceptors (Lipinski definition) is 7. The fraction of sp³-hybridized carbons (Fsp3) is 0.222. The molecule has 0 amide bonds. The molecule has 0 aromatic heterocycles. The molecule has 2 N–H and O–H groups in total. The summed E-state index contributed by atoms with van der Waals surface area (Å²) in [5, 5.41) is 4.02. The van der Waals surface area contributed by atoms with E-state index in [-0.39, 0.29) is 24.1 Å². The predicted octanol–water partition coefficient (Wildman–Crippen LogP) is 4.71. The summed E-state index contributed by atoms with van der Waals surface area (Å²) in [6, 6.07) is 26.1. The zero-order valence-electron chi connectivity index (χ0n) is 26.6. The number of fused-ring (bicyclic) bond motifs is 2. The number of hydrogen-bond donors (Lipinski definition) is 2. The van der Waals surface area contributed by atoms with Gasteiger partial charge < -0.3 is 19.3 Å². The Morgan fingerprint density at radius 2 is 1.25 bits per heavy atom. The standard InChI is InChI=1S/C19H19ClNO5P.C17H14ClNO2/c1-19(18(22)12-3-5-13(20)6-4-12)16(9-10-27(23,24)25)15-11-14(26-2)7-8-17(15)21-19;1-17(15(20)11-7-9-12(18)10-8-11)16(21-2)13-5-3-4-6-14(13)19-17/h3-8,11H,9-10H2,1-2H3,(H2,23,24,25);3-10H,1-2H3. The number of Topliss-reactive ketones (excluding diaryl/α,β-unsaturated/α-hetero) is 2. The summed E-state index contributed by atoms with van der Waals surface area (Å²) in [5.74, 6) is 0.807. The van der Waals surface area contributed by atoms with Crippen LogP contribution in [0.1, 0.15) is 41.0 Å². The number of carbonyl (C=O) groups excluding carboxylic acids is 2. The van der Waals surface area contributed by atoms with Crippen molar-refractivity contribution in [1.29, 1.82) is 0 Å². The number of ketones is 2. The Morgan fingerprint density at radius 3 is 1.79 bits per heavy atom. The number of carbonyl (C=O) groups is 2. The third-order valence-corrected chi connectivity index (χ3v) is 9.66. The smallest absolute Gasteiger partial charge is 0.325 e. The van der Waals surface area contributed by atoms with Crippen LogP contribution < -0.4 is 25.9 Å². The van der Waals surface area contributed by atoms with E-state index in [4.69, 9.17) is 32.7 Å². The molecule has 0 saturated carbocycles. The minimum atomic E-state index is -4.24. The van der Waals surface area contributed by atoms with E-state index >= 15 is 0 Å². The van der Waals surface area contributed by atoms with Gasteiger partial charge in [-0.05, 0) is 105 Å². The van der Waals surface area contributed by atoms with Crippen LogP contribution in [0.25, 0.3) is 11.3 Å². The molecule has 9 nitrogen and oxygen atoms in total. The fourth-order valence-electron chi connectivity index (χ4n) is 5.92. The van der Waals surface area contributed by atoms with Gasteiger partial charge in [0.25, 0.3) is 0 Å². The number of nitrogens with zero attached hydrogens (tertiary/aromatic N) is 2. The normalized spacial score (nSPS) is 19.2. The largest absolute Gasteiger partial charge is 0.497 e. The van der Waals surface area contributed by atoms with Gasteiger partial charge in [0.15, 0.2) is 17.1 Å². The summed E-state index contributed by atoms with van der Waals surface area (Å²) >= 11 is 11.8. The van der Waals surface area contributed by atoms with Crippen LogP contribution in [0.5, 0.6) is 5.75 Å². The van der Waals surface area contributed by atoms with E-state index in [1.54, 1.807) is 87.7 Å². The topological polar surface area (TPSA) is 135 Å². The van der Waals surface area contributed by atoms with Gasteiger partial charge in [0, 0.05) is 31.6 Å². The van der Waals surface area contributed by atoms with Crippen molar-refractivity contribution in [2.24, 2.45) is 9.98 Å². The second-order valence-corrected chi connectivity index (χ2v) is 14.2. The lowest BCUT2D eigenvalue weighted by atomic mass is 9.83. The average Bonchev–Trinajstić information content (AvgIpc) is 3.53. The van der Waals surface area contributed by atoms with Gasteiger partial charge in [0.2, 0.25) is 0 Å². The first kappa shape index (κ1) is 35.2. The number of halogens is 2. The molecule has 2 aliphatic rings. The molecule has 2 aliphatic heterocycles. The number of para-hydroxylation sites is 1. The van der Waals surface area contributed by atoms with Crippen LogP contribution in [0.3, 0.4) is 0 Å². The van der Waals surface area contributed by atoms with Gasteiger partial charge in [-0.2, -0.15) is 0 Å². The highest BCUT2D eigenvalue weighted by Crippen LogP contribution is 2.40. The molecule has 0 aliphatic carbocycles. The van der Waals surface area contributed by atoms with Crippen LogP contribution in [-0.2, 0) is 9.30 Å². The van der Waals surface area contributed by atoms with E-state index in [1.165, 1.54) is 7.11 Å². The summed E-state index contributed by atoms with van der Waals surface area (Å²) in [6.45, 7) is 3.45. The number of benzene rings is 4. The Morgan fingerprint density at radius 1 is 0.729 bits per heavy atom. The molecular formula is C36H33Cl2N2O7P. The molecule has 2 heterocycles. The third kappa shape index (κ3) is 7.02. The van der Waals surface area contributed by atoms with Crippen molar-refractivity contribution in [3.63, 3.8) is 0 Å². The van der Waals surface area contributed by atoms with Crippen LogP contribution in [0.15, 0.2) is 101 Å². The van der Waals surface area contributed by atoms with Crippen LogP contribution in [0.2, 0.25) is 10.0 Å². The monoisotopic (exact) mass is 706 g/mol. The molecule has 2 atom stereocenters. The second kappa shape index (κ2) is 13.8. The third-order valence-electron chi connectivity index (χ3n) is 8.35. The Hall–Kier alpha value is -4.11. The van der Waals surface area contributed by atoms with Crippen molar-refractivity contribution in [3.8, 4) is 5.75 Å². The van der Waals surface area contributed by atoms with Gasteiger partial charge in [0.05, 0.1) is 31.1 Å². The van der Waals surface area contributed by atoms with Gasteiger partial charge in [-0.1, -0.05) is 35.3 Å². The highest BCUT2D eigenvalue weighted by molar-refractivity contribution is 7.51. The Labute approximate surface area is 287 Å². The Kier molecular flexibility index (Phi) is 10.1. The van der Waals surface area contributed by atoms with E-state index in [1.807, 2.05) is 24.3 Å². The predicted molar refractivity (Wildman–Crippen MR) is 185 cm³/mol. The molecule has 4 aromatic rings. The summed E-state index contributed by atoms with van der Waals surface area (Å²) in [4.78, 5) is 54.0. The highest BCUT2D eigenvalue weighted by Gasteiger charge is 2.42. The number of ether oxygens (including phenoxy) is 2. The van der Waals surface area contributed by atoms with Gasteiger partial charge in [-0.3, -0.25) is 24.1 Å². The van der Waals surface area contributed by atoms with Crippen LogP contribution in [0, 0.1) is 0 Å². The minimum absolute atomic E-state index is 0.0454. The van der Waals surface area contributed by atoms with Crippen molar-refractivity contribution in [1.82, 2.24) is 0 Å². The number of methoxy groups -OCH3 is 2. The SMILES string of the molecule is COC1=c2ccccc2=NC1(C)C(=O)c1ccc(Cl)cc1.COc1ccc2c(c1)=C(CCP(=O)(O)O)C(C)(C(=O)c1ccc(Cl)cc1)N=2. The quantitative estimate of drug-likeness (QED) is 0.190. The van der Waals surface area contributed by atoms with Crippen molar-refractivity contribution < 1.29 is 33.4 Å². The summed E-state index contributed by atoms with van der Waals surface area (Å²) in [6.07, 6.45) is -0.318. The van der Waals surface area contributed by atoms with Crippen LogP contribution >= 0.6 is 30.8 Å². The molecule has 0 radical (unpaired) electrons. The first-order valence-corrected chi connectivity index (χ1v) is 17.4. The fourth-order valence-corrected chi connectivity index (χ4v) is 6.69. The van der Waals surface area contributed by atoms with Crippen molar-refractivity contribution in [2.75, 3.05) is 20.4 Å². The van der Waals surface area contributed by atoms with E-state index in [0.717, 1.165) is 10.6 Å². The zero-order valence-corrected chi connectivity index (χ0v) is 29.0. The van der Waals surface area contributed by atoms with Gasteiger partial charge in [-0.25, -0.2) is 0 Å². The van der Waals surface area contributed by atoms with Crippen molar-refractivity contribution >= 4 is 53.7 Å². The maximum atomic E-state index is 13.3. The van der Waals surface area contributed by atoms with Crippen molar-refractivity contribution in [3.05, 3.63) is 133 Å². The first-order chi connectivity index (χ1) is 22.7. The molecule has 0 bridgehead atoms. The molecule has 0 fully saturated rings. The maximum absolute atomic E-state index is 13.3. The molecule has 0 spiro atoms.